The van der Waals surface area contributed by atoms with Crippen LogP contribution in [0.4, 0.5) is 0 Å². The minimum Gasteiger partial charge on any atom is -0.354 e. The summed E-state index contributed by atoms with van der Waals surface area (Å²) in [5.41, 5.74) is 4.18. The lowest BCUT2D eigenvalue weighted by atomic mass is 9.83. The summed E-state index contributed by atoms with van der Waals surface area (Å²) in [5, 5.41) is 5.25. The SMILES string of the molecule is CCCCNC1=NC2(ON1C)c1ccccc1CCCc1ccccc12. The molecule has 26 heavy (non-hydrogen) atoms. The summed E-state index contributed by atoms with van der Waals surface area (Å²) >= 11 is 0. The van der Waals surface area contributed by atoms with Crippen LogP contribution in [0.3, 0.4) is 0 Å². The van der Waals surface area contributed by atoms with Crippen molar-refractivity contribution in [1.29, 1.82) is 0 Å². The summed E-state index contributed by atoms with van der Waals surface area (Å²) in [5.74, 6) is 0.809. The van der Waals surface area contributed by atoms with E-state index in [0.717, 1.165) is 55.7 Å². The van der Waals surface area contributed by atoms with Gasteiger partial charge in [-0.1, -0.05) is 61.9 Å². The third-order valence-electron chi connectivity index (χ3n) is 5.30. The van der Waals surface area contributed by atoms with Crippen molar-refractivity contribution in [3.05, 3.63) is 70.8 Å². The predicted molar refractivity (Wildman–Crippen MR) is 105 cm³/mol. The van der Waals surface area contributed by atoms with Crippen molar-refractivity contribution < 1.29 is 4.84 Å². The second kappa shape index (κ2) is 7.12. The van der Waals surface area contributed by atoms with Gasteiger partial charge in [0.2, 0.25) is 11.7 Å². The zero-order valence-corrected chi connectivity index (χ0v) is 15.7. The number of nitrogens with one attached hydrogen (secondary N) is 1. The molecule has 0 bridgehead atoms. The van der Waals surface area contributed by atoms with E-state index in [2.05, 4.69) is 60.8 Å². The zero-order valence-electron chi connectivity index (χ0n) is 15.7. The van der Waals surface area contributed by atoms with E-state index in [0.29, 0.717) is 0 Å². The van der Waals surface area contributed by atoms with Crippen LogP contribution in [0.15, 0.2) is 53.5 Å². The fourth-order valence-electron chi connectivity index (χ4n) is 3.98. The Kier molecular flexibility index (Phi) is 4.68. The normalized spacial score (nSPS) is 17.9. The van der Waals surface area contributed by atoms with E-state index in [1.807, 2.05) is 7.05 Å². The maximum atomic E-state index is 6.49. The first-order valence-corrected chi connectivity index (χ1v) is 9.68. The van der Waals surface area contributed by atoms with Gasteiger partial charge in [-0.05, 0) is 36.8 Å². The van der Waals surface area contributed by atoms with Gasteiger partial charge in [0.15, 0.2) is 0 Å². The van der Waals surface area contributed by atoms with Gasteiger partial charge in [0, 0.05) is 24.7 Å². The van der Waals surface area contributed by atoms with E-state index in [1.165, 1.54) is 11.1 Å². The van der Waals surface area contributed by atoms with Crippen molar-refractivity contribution in [1.82, 2.24) is 10.4 Å². The number of aliphatic imine (C=N–C) groups is 1. The highest BCUT2D eigenvalue weighted by Gasteiger charge is 2.46. The lowest BCUT2D eigenvalue weighted by Gasteiger charge is -2.32. The number of fused-ring (bicyclic) bond motifs is 4. The van der Waals surface area contributed by atoms with Crippen molar-refractivity contribution >= 4 is 5.96 Å². The molecule has 1 aliphatic carbocycles. The molecule has 136 valence electrons. The molecule has 1 aliphatic heterocycles. The molecular formula is C22H27N3O. The summed E-state index contributed by atoms with van der Waals surface area (Å²) in [6.07, 6.45) is 5.51. The van der Waals surface area contributed by atoms with Crippen LogP contribution in [0.1, 0.15) is 48.4 Å². The van der Waals surface area contributed by atoms with Crippen molar-refractivity contribution in [3.63, 3.8) is 0 Å². The zero-order chi connectivity index (χ0) is 18.0. The van der Waals surface area contributed by atoms with Crippen LogP contribution >= 0.6 is 0 Å². The van der Waals surface area contributed by atoms with Gasteiger partial charge in [-0.25, -0.2) is 14.9 Å². The number of unbranched alkanes of at least 4 members (excludes halogenated alkanes) is 1. The van der Waals surface area contributed by atoms with Gasteiger partial charge in [-0.15, -0.1) is 0 Å². The number of hydrogen-bond acceptors (Lipinski definition) is 4. The van der Waals surface area contributed by atoms with Gasteiger partial charge in [-0.3, -0.25) is 0 Å². The van der Waals surface area contributed by atoms with Crippen LogP contribution in [0.2, 0.25) is 0 Å². The highest BCUT2D eigenvalue weighted by atomic mass is 16.7. The third-order valence-corrected chi connectivity index (χ3v) is 5.30. The summed E-state index contributed by atoms with van der Waals surface area (Å²) in [4.78, 5) is 11.6. The fourth-order valence-corrected chi connectivity index (χ4v) is 3.98. The number of aryl methyl sites for hydroxylation is 2. The number of hydrogen-bond donors (Lipinski definition) is 1. The van der Waals surface area contributed by atoms with Gasteiger partial charge in [0.1, 0.15) is 0 Å². The highest BCUT2D eigenvalue weighted by molar-refractivity contribution is 5.81. The Balaban J connectivity index is 1.86. The minimum absolute atomic E-state index is 0.795. The standard InChI is InChI=1S/C22H27N3O/c1-3-4-16-23-21-24-22(26-25(21)2)19-14-7-5-10-17(19)12-9-13-18-11-6-8-15-20(18)22/h5-8,10-11,14-15H,3-4,9,12-13,16H2,1-2H3,(H,23,24). The average Bonchev–Trinajstić information content (AvgIpc) is 2.99. The van der Waals surface area contributed by atoms with Crippen LogP contribution in [-0.2, 0) is 23.4 Å². The summed E-state index contributed by atoms with van der Waals surface area (Å²) in [7, 11) is 1.94. The molecule has 2 aliphatic rings. The van der Waals surface area contributed by atoms with Crippen LogP contribution in [0, 0.1) is 0 Å². The van der Waals surface area contributed by atoms with Gasteiger partial charge < -0.3 is 5.32 Å². The monoisotopic (exact) mass is 349 g/mol. The average molecular weight is 349 g/mol. The molecule has 0 atom stereocenters. The number of hydroxylamine groups is 2. The molecule has 2 aromatic rings. The number of guanidine groups is 1. The highest BCUT2D eigenvalue weighted by Crippen LogP contribution is 2.44. The Labute approximate surface area is 155 Å². The van der Waals surface area contributed by atoms with E-state index in [4.69, 9.17) is 9.83 Å². The van der Waals surface area contributed by atoms with E-state index in [-0.39, 0.29) is 0 Å². The number of rotatable bonds is 3. The fraction of sp³-hybridized carbons (Fsp3) is 0.409. The maximum Gasteiger partial charge on any atom is 0.240 e. The summed E-state index contributed by atoms with van der Waals surface area (Å²) in [6, 6.07) is 17.2. The quantitative estimate of drug-likeness (QED) is 0.851. The second-order valence-electron chi connectivity index (χ2n) is 7.12. The molecule has 0 unspecified atom stereocenters. The van der Waals surface area contributed by atoms with E-state index < -0.39 is 5.72 Å². The first-order chi connectivity index (χ1) is 12.7. The molecule has 1 spiro atoms. The Hall–Kier alpha value is -2.33. The molecule has 2 aromatic carbocycles. The Morgan fingerprint density at radius 1 is 1.04 bits per heavy atom. The Morgan fingerprint density at radius 3 is 2.27 bits per heavy atom. The third kappa shape index (κ3) is 2.88. The van der Waals surface area contributed by atoms with Crippen molar-refractivity contribution in [3.8, 4) is 0 Å². The first kappa shape index (κ1) is 17.1. The summed E-state index contributed by atoms with van der Waals surface area (Å²) in [6.45, 7) is 3.10. The molecule has 0 saturated carbocycles. The van der Waals surface area contributed by atoms with Crippen LogP contribution in [-0.4, -0.2) is 24.6 Å². The molecule has 0 radical (unpaired) electrons. The molecule has 1 heterocycles. The topological polar surface area (TPSA) is 36.9 Å². The molecule has 4 rings (SSSR count). The van der Waals surface area contributed by atoms with Gasteiger partial charge in [-0.2, -0.15) is 0 Å². The van der Waals surface area contributed by atoms with Gasteiger partial charge >= 0.3 is 0 Å². The molecule has 4 nitrogen and oxygen atoms in total. The van der Waals surface area contributed by atoms with Gasteiger partial charge in [0.25, 0.3) is 0 Å². The molecule has 4 heteroatoms. The second-order valence-corrected chi connectivity index (χ2v) is 7.12. The lowest BCUT2D eigenvalue weighted by molar-refractivity contribution is -0.153. The van der Waals surface area contributed by atoms with Crippen LogP contribution < -0.4 is 5.32 Å². The molecule has 1 N–H and O–H groups in total. The molecule has 0 fully saturated rings. The molecule has 0 aromatic heterocycles. The van der Waals surface area contributed by atoms with Crippen molar-refractivity contribution in [2.24, 2.45) is 4.99 Å². The van der Waals surface area contributed by atoms with Crippen LogP contribution in [0.25, 0.3) is 0 Å². The predicted octanol–water partition coefficient (Wildman–Crippen LogP) is 4.00. The maximum absolute atomic E-state index is 6.49. The van der Waals surface area contributed by atoms with E-state index in [1.54, 1.807) is 5.06 Å². The molecule has 0 saturated heterocycles. The summed E-state index contributed by atoms with van der Waals surface area (Å²) < 4.78 is 0. The number of benzene rings is 2. The minimum atomic E-state index is -0.795. The first-order valence-electron chi connectivity index (χ1n) is 9.68. The Morgan fingerprint density at radius 2 is 1.65 bits per heavy atom. The lowest BCUT2D eigenvalue weighted by Crippen LogP contribution is -2.36. The molecular weight excluding hydrogens is 322 g/mol. The van der Waals surface area contributed by atoms with Gasteiger partial charge in [0.05, 0.1) is 0 Å². The largest absolute Gasteiger partial charge is 0.354 e. The Bertz CT molecular complexity index is 767. The van der Waals surface area contributed by atoms with Crippen molar-refractivity contribution in [2.45, 2.75) is 44.8 Å². The number of nitrogens with zero attached hydrogens (tertiary/aromatic N) is 2. The molecule has 0 amide bonds. The van der Waals surface area contributed by atoms with Crippen molar-refractivity contribution in [2.75, 3.05) is 13.6 Å². The van der Waals surface area contributed by atoms with E-state index >= 15 is 0 Å². The smallest absolute Gasteiger partial charge is 0.240 e. The van der Waals surface area contributed by atoms with E-state index in [9.17, 15) is 0 Å². The van der Waals surface area contributed by atoms with Crippen LogP contribution in [0.5, 0.6) is 0 Å².